The number of pyridine rings is 1. The number of nitrogens with zero attached hydrogens (tertiary/aromatic N) is 1. The molecule has 2 atom stereocenters. The molecule has 0 bridgehead atoms. The van der Waals surface area contributed by atoms with Crippen molar-refractivity contribution in [1.82, 2.24) is 10.3 Å². The average molecular weight is 296 g/mol. The molecule has 1 aromatic heterocycles. The Kier molecular flexibility index (Phi) is 4.49. The van der Waals surface area contributed by atoms with Crippen molar-refractivity contribution in [3.8, 4) is 11.1 Å². The maximum atomic E-state index is 12.1. The van der Waals surface area contributed by atoms with Crippen molar-refractivity contribution < 1.29 is 9.53 Å². The fraction of sp³-hybridized carbons (Fsp3) is 0.333. The molecule has 2 heterocycles. The third-order valence-corrected chi connectivity index (χ3v) is 3.99. The van der Waals surface area contributed by atoms with Crippen LogP contribution in [0.5, 0.6) is 0 Å². The van der Waals surface area contributed by atoms with E-state index in [0.717, 1.165) is 29.5 Å². The summed E-state index contributed by atoms with van der Waals surface area (Å²) in [7, 11) is 0. The predicted octanol–water partition coefficient (Wildman–Crippen LogP) is 3.10. The molecule has 22 heavy (non-hydrogen) atoms. The van der Waals surface area contributed by atoms with Crippen molar-refractivity contribution in [2.45, 2.75) is 31.9 Å². The molecule has 3 rings (SSSR count). The summed E-state index contributed by atoms with van der Waals surface area (Å²) in [6.07, 6.45) is 5.11. The van der Waals surface area contributed by atoms with Crippen LogP contribution in [0, 0.1) is 0 Å². The van der Waals surface area contributed by atoms with Gasteiger partial charge in [-0.3, -0.25) is 9.78 Å². The third kappa shape index (κ3) is 3.34. The van der Waals surface area contributed by atoms with Gasteiger partial charge in [0.25, 0.3) is 0 Å². The summed E-state index contributed by atoms with van der Waals surface area (Å²) in [6, 6.07) is 12.1. The van der Waals surface area contributed by atoms with Crippen molar-refractivity contribution >= 4 is 5.91 Å². The van der Waals surface area contributed by atoms with Crippen molar-refractivity contribution in [1.29, 1.82) is 0 Å². The summed E-state index contributed by atoms with van der Waals surface area (Å²) >= 11 is 0. The Balaban J connectivity index is 1.66. The van der Waals surface area contributed by atoms with Crippen LogP contribution in [0.3, 0.4) is 0 Å². The number of hydrogen-bond donors (Lipinski definition) is 1. The molecular weight excluding hydrogens is 276 g/mol. The highest BCUT2D eigenvalue weighted by atomic mass is 16.5. The van der Waals surface area contributed by atoms with Gasteiger partial charge >= 0.3 is 0 Å². The van der Waals surface area contributed by atoms with E-state index in [9.17, 15) is 4.79 Å². The monoisotopic (exact) mass is 296 g/mol. The maximum absolute atomic E-state index is 12.1. The fourth-order valence-electron chi connectivity index (χ4n) is 2.67. The van der Waals surface area contributed by atoms with E-state index in [-0.39, 0.29) is 18.1 Å². The van der Waals surface area contributed by atoms with Gasteiger partial charge in [0.05, 0.1) is 6.04 Å². The normalized spacial score (nSPS) is 18.9. The summed E-state index contributed by atoms with van der Waals surface area (Å²) in [4.78, 5) is 16.2. The van der Waals surface area contributed by atoms with Crippen LogP contribution >= 0.6 is 0 Å². The summed E-state index contributed by atoms with van der Waals surface area (Å²) in [6.45, 7) is 2.68. The third-order valence-electron chi connectivity index (χ3n) is 3.99. The van der Waals surface area contributed by atoms with Gasteiger partial charge in [0.15, 0.2) is 0 Å². The molecule has 1 amide bonds. The zero-order valence-electron chi connectivity index (χ0n) is 12.7. The second-order valence-corrected chi connectivity index (χ2v) is 5.60. The molecule has 1 fully saturated rings. The molecule has 1 aliphatic rings. The van der Waals surface area contributed by atoms with Crippen LogP contribution in [0.2, 0.25) is 0 Å². The number of rotatable bonds is 4. The molecule has 1 saturated heterocycles. The number of amides is 1. The number of carbonyl (C=O) groups excluding carboxylic acids is 1. The molecular formula is C18H20N2O2. The number of hydrogen-bond acceptors (Lipinski definition) is 3. The lowest BCUT2D eigenvalue weighted by Crippen LogP contribution is -2.35. The number of benzene rings is 1. The number of aromatic nitrogens is 1. The number of ether oxygens (including phenoxy) is 1. The minimum atomic E-state index is -0.280. The van der Waals surface area contributed by atoms with Gasteiger partial charge in [-0.1, -0.05) is 30.3 Å². The molecule has 114 valence electrons. The van der Waals surface area contributed by atoms with Gasteiger partial charge in [-0.25, -0.2) is 0 Å². The first-order valence-electron chi connectivity index (χ1n) is 7.66. The molecule has 0 radical (unpaired) electrons. The molecule has 4 nitrogen and oxygen atoms in total. The molecule has 1 N–H and O–H groups in total. The van der Waals surface area contributed by atoms with Gasteiger partial charge in [0.1, 0.15) is 6.10 Å². The van der Waals surface area contributed by atoms with E-state index < -0.39 is 0 Å². The largest absolute Gasteiger partial charge is 0.368 e. The quantitative estimate of drug-likeness (QED) is 0.943. The Morgan fingerprint density at radius 3 is 2.73 bits per heavy atom. The zero-order valence-corrected chi connectivity index (χ0v) is 12.7. The summed E-state index contributed by atoms with van der Waals surface area (Å²) in [5.41, 5.74) is 3.29. The second kappa shape index (κ2) is 6.71. The number of carbonyl (C=O) groups is 1. The molecule has 2 aromatic rings. The topological polar surface area (TPSA) is 51.2 Å². The van der Waals surface area contributed by atoms with Crippen LogP contribution in [-0.4, -0.2) is 23.6 Å². The van der Waals surface area contributed by atoms with Gasteiger partial charge in [0.2, 0.25) is 5.91 Å². The van der Waals surface area contributed by atoms with Crippen LogP contribution in [0.4, 0.5) is 0 Å². The van der Waals surface area contributed by atoms with Crippen molar-refractivity contribution in [3.63, 3.8) is 0 Å². The average Bonchev–Trinajstić information content (AvgIpc) is 3.10. The van der Waals surface area contributed by atoms with Gasteiger partial charge in [-0.2, -0.15) is 0 Å². The van der Waals surface area contributed by atoms with Gasteiger partial charge < -0.3 is 10.1 Å². The maximum Gasteiger partial charge on any atom is 0.249 e. The highest BCUT2D eigenvalue weighted by Crippen LogP contribution is 2.21. The summed E-state index contributed by atoms with van der Waals surface area (Å²) in [5.74, 6) is -0.0127. The Hall–Kier alpha value is -2.20. The van der Waals surface area contributed by atoms with E-state index in [0.29, 0.717) is 6.61 Å². The molecule has 4 heteroatoms. The minimum Gasteiger partial charge on any atom is -0.368 e. The highest BCUT2D eigenvalue weighted by molar-refractivity contribution is 5.81. The Bertz CT molecular complexity index is 619. The lowest BCUT2D eigenvalue weighted by Gasteiger charge is -2.17. The van der Waals surface area contributed by atoms with Crippen LogP contribution < -0.4 is 5.32 Å². The van der Waals surface area contributed by atoms with E-state index in [1.165, 1.54) is 0 Å². The Labute approximate surface area is 130 Å². The predicted molar refractivity (Wildman–Crippen MR) is 85.2 cm³/mol. The van der Waals surface area contributed by atoms with Gasteiger partial charge in [-0.15, -0.1) is 0 Å². The molecule has 1 aliphatic heterocycles. The van der Waals surface area contributed by atoms with E-state index in [1.54, 1.807) is 6.20 Å². The van der Waals surface area contributed by atoms with Gasteiger partial charge in [-0.05, 0) is 42.5 Å². The van der Waals surface area contributed by atoms with E-state index in [2.05, 4.69) is 22.4 Å². The van der Waals surface area contributed by atoms with Crippen molar-refractivity contribution in [2.75, 3.05) is 6.61 Å². The van der Waals surface area contributed by atoms with E-state index >= 15 is 0 Å². The number of nitrogens with one attached hydrogen (secondary N) is 1. The summed E-state index contributed by atoms with van der Waals surface area (Å²) in [5, 5.41) is 3.02. The molecule has 0 spiro atoms. The Morgan fingerprint density at radius 2 is 2.09 bits per heavy atom. The fourth-order valence-corrected chi connectivity index (χ4v) is 2.67. The summed E-state index contributed by atoms with van der Waals surface area (Å²) < 4.78 is 5.41. The van der Waals surface area contributed by atoms with E-state index in [1.807, 2.05) is 37.4 Å². The van der Waals surface area contributed by atoms with Gasteiger partial charge in [0, 0.05) is 19.0 Å². The van der Waals surface area contributed by atoms with Crippen LogP contribution in [-0.2, 0) is 9.53 Å². The molecule has 0 saturated carbocycles. The first-order valence-corrected chi connectivity index (χ1v) is 7.66. The van der Waals surface area contributed by atoms with E-state index in [4.69, 9.17) is 4.74 Å². The Morgan fingerprint density at radius 1 is 1.27 bits per heavy atom. The van der Waals surface area contributed by atoms with Crippen LogP contribution in [0.25, 0.3) is 11.1 Å². The molecule has 2 unspecified atom stereocenters. The second-order valence-electron chi connectivity index (χ2n) is 5.60. The lowest BCUT2D eigenvalue weighted by molar-refractivity contribution is -0.130. The smallest absolute Gasteiger partial charge is 0.249 e. The lowest BCUT2D eigenvalue weighted by atomic mass is 10.0. The van der Waals surface area contributed by atoms with Crippen molar-refractivity contribution in [3.05, 3.63) is 54.4 Å². The highest BCUT2D eigenvalue weighted by Gasteiger charge is 2.24. The SMILES string of the molecule is CC(NC(=O)C1CCCO1)c1ccc(-c2cccnc2)cc1. The van der Waals surface area contributed by atoms with Crippen molar-refractivity contribution in [2.24, 2.45) is 0 Å². The molecule has 1 aromatic carbocycles. The van der Waals surface area contributed by atoms with Crippen LogP contribution in [0.1, 0.15) is 31.4 Å². The first kappa shape index (κ1) is 14.7. The first-order chi connectivity index (χ1) is 10.7. The standard InChI is InChI=1S/C18H20N2O2/c1-13(20-18(21)17-5-3-11-22-17)14-6-8-15(9-7-14)16-4-2-10-19-12-16/h2,4,6-10,12-13,17H,3,5,11H2,1H3,(H,20,21). The minimum absolute atomic E-state index is 0.0127. The zero-order chi connectivity index (χ0) is 15.4. The molecule has 0 aliphatic carbocycles. The van der Waals surface area contributed by atoms with Crippen LogP contribution in [0.15, 0.2) is 48.8 Å².